The van der Waals surface area contributed by atoms with Crippen LogP contribution in [0.5, 0.6) is 0 Å². The third-order valence-corrected chi connectivity index (χ3v) is 1.92. The molecule has 0 atom stereocenters. The molecule has 0 aromatic carbocycles. The molecule has 0 aliphatic rings. The Morgan fingerprint density at radius 1 is 1.38 bits per heavy atom. The van der Waals surface area contributed by atoms with E-state index in [9.17, 15) is 4.79 Å². The lowest BCUT2D eigenvalue weighted by molar-refractivity contribution is -0.119. The van der Waals surface area contributed by atoms with Gasteiger partial charge in [-0.05, 0) is 24.9 Å². The van der Waals surface area contributed by atoms with E-state index in [0.717, 1.165) is 32.4 Å². The maximum absolute atomic E-state index is 11.0. The van der Waals surface area contributed by atoms with Crippen molar-refractivity contribution in [3.05, 3.63) is 23.1 Å². The largest absolute Gasteiger partial charge is 0.356 e. The van der Waals surface area contributed by atoms with E-state index in [1.807, 2.05) is 6.08 Å². The summed E-state index contributed by atoms with van der Waals surface area (Å²) in [5.74, 6) is -0.220. The molecule has 16 heavy (non-hydrogen) atoms. The van der Waals surface area contributed by atoms with Crippen molar-refractivity contribution >= 4 is 5.91 Å². The molecule has 0 aromatic heterocycles. The molecule has 0 saturated carbocycles. The quantitative estimate of drug-likeness (QED) is 0.193. The molecular weight excluding hydrogens is 206 g/mol. The van der Waals surface area contributed by atoms with Gasteiger partial charge >= 0.3 is 0 Å². The fraction of sp³-hybridized carbons (Fsp3) is 0.700. The SMILES string of the molecule is C=CCNCCCCCNC(=O)CN=[N+]=[N-]. The van der Waals surface area contributed by atoms with Crippen LogP contribution in [0, 0.1) is 0 Å². The monoisotopic (exact) mass is 225 g/mol. The number of amides is 1. The van der Waals surface area contributed by atoms with E-state index in [1.165, 1.54) is 0 Å². The van der Waals surface area contributed by atoms with Gasteiger partial charge in [-0.15, -0.1) is 6.58 Å². The molecule has 0 rings (SSSR count). The Hall–Kier alpha value is -1.52. The fourth-order valence-corrected chi connectivity index (χ4v) is 1.14. The molecule has 6 nitrogen and oxygen atoms in total. The Labute approximate surface area is 95.7 Å². The van der Waals surface area contributed by atoms with Crippen LogP contribution in [-0.4, -0.2) is 32.1 Å². The molecule has 0 radical (unpaired) electrons. The minimum absolute atomic E-state index is 0.114. The van der Waals surface area contributed by atoms with Crippen LogP contribution >= 0.6 is 0 Å². The summed E-state index contributed by atoms with van der Waals surface area (Å²) in [6.45, 7) is 5.94. The molecule has 0 spiro atoms. The molecule has 1 amide bonds. The first-order chi connectivity index (χ1) is 7.81. The smallest absolute Gasteiger partial charge is 0.225 e. The van der Waals surface area contributed by atoms with Crippen LogP contribution in [0.2, 0.25) is 0 Å². The molecule has 0 aromatic rings. The minimum Gasteiger partial charge on any atom is -0.356 e. The van der Waals surface area contributed by atoms with Gasteiger partial charge in [-0.1, -0.05) is 17.6 Å². The summed E-state index contributed by atoms with van der Waals surface area (Å²) in [6.07, 6.45) is 4.92. The van der Waals surface area contributed by atoms with Gasteiger partial charge in [0.25, 0.3) is 0 Å². The van der Waals surface area contributed by atoms with Gasteiger partial charge in [0, 0.05) is 18.0 Å². The van der Waals surface area contributed by atoms with E-state index < -0.39 is 0 Å². The van der Waals surface area contributed by atoms with Crippen molar-refractivity contribution in [2.24, 2.45) is 5.11 Å². The molecule has 0 saturated heterocycles. The maximum Gasteiger partial charge on any atom is 0.225 e. The summed E-state index contributed by atoms with van der Waals surface area (Å²) in [7, 11) is 0. The van der Waals surface area contributed by atoms with Gasteiger partial charge < -0.3 is 10.6 Å². The highest BCUT2D eigenvalue weighted by molar-refractivity contribution is 5.78. The minimum atomic E-state index is -0.220. The second-order valence-corrected chi connectivity index (χ2v) is 3.29. The van der Waals surface area contributed by atoms with Crippen LogP contribution in [0.15, 0.2) is 17.8 Å². The average molecular weight is 225 g/mol. The maximum atomic E-state index is 11.0. The molecule has 0 unspecified atom stereocenters. The Balaban J connectivity index is 3.17. The van der Waals surface area contributed by atoms with Crippen molar-refractivity contribution in [3.63, 3.8) is 0 Å². The number of unbranched alkanes of at least 4 members (excludes halogenated alkanes) is 2. The van der Waals surface area contributed by atoms with Crippen molar-refractivity contribution in [2.45, 2.75) is 19.3 Å². The summed E-state index contributed by atoms with van der Waals surface area (Å²) in [6, 6.07) is 0. The van der Waals surface area contributed by atoms with E-state index in [1.54, 1.807) is 0 Å². The molecule has 90 valence electrons. The molecule has 0 heterocycles. The topological polar surface area (TPSA) is 89.9 Å². The van der Waals surface area contributed by atoms with Crippen LogP contribution in [0.4, 0.5) is 0 Å². The highest BCUT2D eigenvalue weighted by Gasteiger charge is 1.96. The average Bonchev–Trinajstić information content (AvgIpc) is 2.30. The number of nitrogens with zero attached hydrogens (tertiary/aromatic N) is 3. The first-order valence-corrected chi connectivity index (χ1v) is 5.40. The Morgan fingerprint density at radius 3 is 2.81 bits per heavy atom. The Kier molecular flexibility index (Phi) is 10.5. The second-order valence-electron chi connectivity index (χ2n) is 3.29. The van der Waals surface area contributed by atoms with E-state index in [4.69, 9.17) is 5.53 Å². The van der Waals surface area contributed by atoms with E-state index in [-0.39, 0.29) is 12.5 Å². The zero-order valence-corrected chi connectivity index (χ0v) is 9.48. The van der Waals surface area contributed by atoms with Gasteiger partial charge in [-0.25, -0.2) is 0 Å². The van der Waals surface area contributed by atoms with E-state index in [2.05, 4.69) is 27.2 Å². The zero-order chi connectivity index (χ0) is 12.1. The number of hydrogen-bond acceptors (Lipinski definition) is 3. The highest BCUT2D eigenvalue weighted by atomic mass is 16.1. The van der Waals surface area contributed by atoms with Gasteiger partial charge in [0.05, 0.1) is 0 Å². The lowest BCUT2D eigenvalue weighted by Crippen LogP contribution is -2.26. The molecule has 6 heteroatoms. The van der Waals surface area contributed by atoms with Crippen molar-refractivity contribution in [3.8, 4) is 0 Å². The standard InChI is InChI=1S/C10H19N5O/c1-2-6-12-7-4-3-5-8-13-10(16)9-14-15-11/h2,12H,1,3-9H2,(H,13,16). The lowest BCUT2D eigenvalue weighted by atomic mass is 10.2. The number of azide groups is 1. The number of carbonyl (C=O) groups excluding carboxylic acids is 1. The van der Waals surface area contributed by atoms with Crippen molar-refractivity contribution in [1.82, 2.24) is 10.6 Å². The highest BCUT2D eigenvalue weighted by Crippen LogP contribution is 1.92. The predicted molar refractivity (Wildman–Crippen MR) is 63.9 cm³/mol. The Bertz CT molecular complexity index is 248. The van der Waals surface area contributed by atoms with E-state index >= 15 is 0 Å². The first kappa shape index (κ1) is 14.5. The normalized spacial score (nSPS) is 9.25. The zero-order valence-electron chi connectivity index (χ0n) is 9.48. The summed E-state index contributed by atoms with van der Waals surface area (Å²) in [5, 5.41) is 9.05. The van der Waals surface area contributed by atoms with Crippen molar-refractivity contribution in [1.29, 1.82) is 0 Å². The van der Waals surface area contributed by atoms with Gasteiger partial charge in [-0.3, -0.25) is 4.79 Å². The fourth-order valence-electron chi connectivity index (χ4n) is 1.14. The molecule has 2 N–H and O–H groups in total. The number of carbonyl (C=O) groups is 1. The molecule has 0 bridgehead atoms. The number of rotatable bonds is 10. The molecular formula is C10H19N5O. The molecule has 0 aliphatic heterocycles. The van der Waals surface area contributed by atoms with Crippen molar-refractivity contribution in [2.75, 3.05) is 26.2 Å². The van der Waals surface area contributed by atoms with Crippen LogP contribution < -0.4 is 10.6 Å². The summed E-state index contributed by atoms with van der Waals surface area (Å²) in [4.78, 5) is 13.5. The van der Waals surface area contributed by atoms with Gasteiger partial charge in [-0.2, -0.15) is 0 Å². The van der Waals surface area contributed by atoms with Gasteiger partial charge in [0.15, 0.2) is 0 Å². The Morgan fingerprint density at radius 2 is 2.12 bits per heavy atom. The van der Waals surface area contributed by atoms with Crippen LogP contribution in [0.1, 0.15) is 19.3 Å². The summed E-state index contributed by atoms with van der Waals surface area (Å²) >= 11 is 0. The van der Waals surface area contributed by atoms with Gasteiger partial charge in [0.2, 0.25) is 5.91 Å². The van der Waals surface area contributed by atoms with Gasteiger partial charge in [0.1, 0.15) is 6.54 Å². The summed E-state index contributed by atoms with van der Waals surface area (Å²) < 4.78 is 0. The molecule has 0 fully saturated rings. The second kappa shape index (κ2) is 11.6. The van der Waals surface area contributed by atoms with Crippen LogP contribution in [0.3, 0.4) is 0 Å². The number of hydrogen-bond donors (Lipinski definition) is 2. The third-order valence-electron chi connectivity index (χ3n) is 1.92. The third kappa shape index (κ3) is 10.6. The predicted octanol–water partition coefficient (Wildman–Crippen LogP) is 1.36. The van der Waals surface area contributed by atoms with E-state index in [0.29, 0.717) is 6.54 Å². The lowest BCUT2D eigenvalue weighted by Gasteiger charge is -2.03. The van der Waals surface area contributed by atoms with Crippen molar-refractivity contribution < 1.29 is 4.79 Å². The van der Waals surface area contributed by atoms with Crippen LogP contribution in [0.25, 0.3) is 10.4 Å². The van der Waals surface area contributed by atoms with Crippen LogP contribution in [-0.2, 0) is 4.79 Å². The number of nitrogens with one attached hydrogen (secondary N) is 2. The first-order valence-electron chi connectivity index (χ1n) is 5.40. The molecule has 0 aliphatic carbocycles. The summed E-state index contributed by atoms with van der Waals surface area (Å²) in [5.41, 5.74) is 7.99.